The normalized spacial score (nSPS) is 21.9. The second-order valence-electron chi connectivity index (χ2n) is 5.95. The van der Waals surface area contributed by atoms with Crippen molar-refractivity contribution in [2.24, 2.45) is 11.8 Å². The van der Waals surface area contributed by atoms with E-state index in [4.69, 9.17) is 4.74 Å². The van der Waals surface area contributed by atoms with Gasteiger partial charge in [-0.3, -0.25) is 4.79 Å². The Balaban J connectivity index is 1.60. The summed E-state index contributed by atoms with van der Waals surface area (Å²) in [7, 11) is 0. The van der Waals surface area contributed by atoms with E-state index in [9.17, 15) is 4.79 Å². The smallest absolute Gasteiger partial charge is 0.306 e. The Morgan fingerprint density at radius 1 is 1.17 bits per heavy atom. The van der Waals surface area contributed by atoms with Crippen LogP contribution < -0.4 is 0 Å². The lowest BCUT2D eigenvalue weighted by molar-refractivity contribution is -0.142. The molecule has 2 aliphatic carbocycles. The average Bonchev–Trinajstić information content (AvgIpc) is 3.21. The Morgan fingerprint density at radius 2 is 1.89 bits per heavy atom. The van der Waals surface area contributed by atoms with Gasteiger partial charge in [0, 0.05) is 6.42 Å². The molecule has 102 valence electrons. The molecule has 0 heterocycles. The fourth-order valence-corrected chi connectivity index (χ4v) is 2.79. The van der Waals surface area contributed by atoms with Crippen molar-refractivity contribution < 1.29 is 9.53 Å². The summed E-state index contributed by atoms with van der Waals surface area (Å²) in [6.45, 7) is 2.67. The monoisotopic (exact) mass is 250 g/mol. The molecule has 2 heteroatoms. The molecule has 0 atom stereocenters. The predicted molar refractivity (Wildman–Crippen MR) is 73.2 cm³/mol. The zero-order valence-corrected chi connectivity index (χ0v) is 11.6. The van der Waals surface area contributed by atoms with Gasteiger partial charge in [0.15, 0.2) is 0 Å². The van der Waals surface area contributed by atoms with Crippen molar-refractivity contribution in [2.75, 3.05) is 6.61 Å². The molecule has 0 unspecified atom stereocenters. The lowest BCUT2D eigenvalue weighted by atomic mass is 9.84. The van der Waals surface area contributed by atoms with E-state index in [0.29, 0.717) is 13.0 Å². The number of rotatable bonds is 6. The summed E-state index contributed by atoms with van der Waals surface area (Å²) in [4.78, 5) is 11.5. The van der Waals surface area contributed by atoms with E-state index >= 15 is 0 Å². The number of hydrogen-bond donors (Lipinski definition) is 0. The third-order valence-corrected chi connectivity index (χ3v) is 4.35. The molecule has 0 N–H and O–H groups in total. The van der Waals surface area contributed by atoms with Gasteiger partial charge in [0.25, 0.3) is 0 Å². The topological polar surface area (TPSA) is 26.3 Å². The van der Waals surface area contributed by atoms with Gasteiger partial charge in [-0.05, 0) is 44.1 Å². The lowest BCUT2D eigenvalue weighted by Crippen LogP contribution is -2.09. The standard InChI is InChI=1S/C16H26O2/c1-13(15-5-3-2-4-6-15)11-12-18-16(17)10-9-14-7-8-14/h11,14-15H,2-10,12H2,1H3/b13-11+. The second kappa shape index (κ2) is 6.96. The Morgan fingerprint density at radius 3 is 2.56 bits per heavy atom. The average molecular weight is 250 g/mol. The number of carbonyl (C=O) groups excluding carboxylic acids is 1. The van der Waals surface area contributed by atoms with E-state index in [1.165, 1.54) is 50.5 Å². The maximum absolute atomic E-state index is 11.5. The highest BCUT2D eigenvalue weighted by Crippen LogP contribution is 2.33. The molecule has 0 aliphatic heterocycles. The lowest BCUT2D eigenvalue weighted by Gasteiger charge is -2.22. The first-order valence-electron chi connectivity index (χ1n) is 7.58. The maximum Gasteiger partial charge on any atom is 0.306 e. The zero-order chi connectivity index (χ0) is 12.8. The summed E-state index contributed by atoms with van der Waals surface area (Å²) in [6, 6.07) is 0. The van der Waals surface area contributed by atoms with Gasteiger partial charge < -0.3 is 4.74 Å². The number of hydrogen-bond acceptors (Lipinski definition) is 2. The summed E-state index contributed by atoms with van der Waals surface area (Å²) in [5.41, 5.74) is 1.42. The number of allylic oxidation sites excluding steroid dienone is 1. The van der Waals surface area contributed by atoms with Gasteiger partial charge in [0.1, 0.15) is 6.61 Å². The van der Waals surface area contributed by atoms with Crippen LogP contribution >= 0.6 is 0 Å². The molecular formula is C16H26O2. The highest BCUT2D eigenvalue weighted by molar-refractivity contribution is 5.69. The molecule has 0 radical (unpaired) electrons. The number of carbonyl (C=O) groups is 1. The largest absolute Gasteiger partial charge is 0.461 e. The minimum atomic E-state index is -0.0189. The first-order valence-corrected chi connectivity index (χ1v) is 7.58. The summed E-state index contributed by atoms with van der Waals surface area (Å²) < 4.78 is 5.27. The van der Waals surface area contributed by atoms with Crippen LogP contribution in [0.2, 0.25) is 0 Å². The van der Waals surface area contributed by atoms with Crippen LogP contribution in [0.5, 0.6) is 0 Å². The highest BCUT2D eigenvalue weighted by Gasteiger charge is 2.22. The van der Waals surface area contributed by atoms with E-state index in [1.807, 2.05) is 0 Å². The molecule has 0 aromatic carbocycles. The minimum absolute atomic E-state index is 0.0189. The van der Waals surface area contributed by atoms with Gasteiger partial charge in [-0.25, -0.2) is 0 Å². The van der Waals surface area contributed by atoms with Crippen LogP contribution in [-0.2, 0) is 9.53 Å². The maximum atomic E-state index is 11.5. The summed E-state index contributed by atoms with van der Waals surface area (Å²) in [5, 5.41) is 0. The second-order valence-corrected chi connectivity index (χ2v) is 5.95. The van der Waals surface area contributed by atoms with Crippen LogP contribution in [0.4, 0.5) is 0 Å². The summed E-state index contributed by atoms with van der Waals surface area (Å²) in [5.74, 6) is 1.54. The molecule has 0 spiro atoms. The van der Waals surface area contributed by atoms with E-state index in [1.54, 1.807) is 0 Å². The predicted octanol–water partition coefficient (Wildman–Crippen LogP) is 4.25. The van der Waals surface area contributed by atoms with Crippen LogP contribution in [0.3, 0.4) is 0 Å². The van der Waals surface area contributed by atoms with Crippen LogP contribution in [0, 0.1) is 11.8 Å². The fourth-order valence-electron chi connectivity index (χ4n) is 2.79. The summed E-state index contributed by atoms with van der Waals surface area (Å²) >= 11 is 0. The van der Waals surface area contributed by atoms with Crippen molar-refractivity contribution in [1.82, 2.24) is 0 Å². The van der Waals surface area contributed by atoms with Gasteiger partial charge in [-0.2, -0.15) is 0 Å². The quantitative estimate of drug-likeness (QED) is 0.520. The van der Waals surface area contributed by atoms with E-state index in [-0.39, 0.29) is 5.97 Å². The Labute approximate surface area is 111 Å². The van der Waals surface area contributed by atoms with Crippen molar-refractivity contribution in [3.8, 4) is 0 Å². The number of esters is 1. The van der Waals surface area contributed by atoms with Crippen molar-refractivity contribution >= 4 is 5.97 Å². The van der Waals surface area contributed by atoms with Crippen LogP contribution in [0.25, 0.3) is 0 Å². The van der Waals surface area contributed by atoms with E-state index in [2.05, 4.69) is 13.0 Å². The molecule has 0 amide bonds. The highest BCUT2D eigenvalue weighted by atomic mass is 16.5. The molecule has 0 bridgehead atoms. The molecule has 2 saturated carbocycles. The van der Waals surface area contributed by atoms with Crippen molar-refractivity contribution in [1.29, 1.82) is 0 Å². The number of ether oxygens (including phenoxy) is 1. The minimum Gasteiger partial charge on any atom is -0.461 e. The third kappa shape index (κ3) is 4.83. The molecule has 18 heavy (non-hydrogen) atoms. The van der Waals surface area contributed by atoms with Gasteiger partial charge in [0.2, 0.25) is 0 Å². The molecule has 2 aliphatic rings. The van der Waals surface area contributed by atoms with Crippen molar-refractivity contribution in [2.45, 2.75) is 64.7 Å². The molecule has 2 nitrogen and oxygen atoms in total. The van der Waals surface area contributed by atoms with Crippen molar-refractivity contribution in [3.05, 3.63) is 11.6 Å². The zero-order valence-electron chi connectivity index (χ0n) is 11.6. The Hall–Kier alpha value is -0.790. The van der Waals surface area contributed by atoms with Gasteiger partial charge in [-0.1, -0.05) is 37.7 Å². The first kappa shape index (κ1) is 13.6. The fraction of sp³-hybridized carbons (Fsp3) is 0.812. The van der Waals surface area contributed by atoms with E-state index < -0.39 is 0 Å². The molecule has 2 fully saturated rings. The van der Waals surface area contributed by atoms with Crippen LogP contribution in [0.1, 0.15) is 64.7 Å². The molecule has 0 saturated heterocycles. The molecular weight excluding hydrogens is 224 g/mol. The van der Waals surface area contributed by atoms with E-state index in [0.717, 1.165) is 18.3 Å². The Kier molecular flexibility index (Phi) is 5.27. The molecule has 2 rings (SSSR count). The van der Waals surface area contributed by atoms with Crippen molar-refractivity contribution in [3.63, 3.8) is 0 Å². The van der Waals surface area contributed by atoms with Gasteiger partial charge >= 0.3 is 5.97 Å². The Bertz CT molecular complexity index is 296. The van der Waals surface area contributed by atoms with Gasteiger partial charge in [0.05, 0.1) is 0 Å². The summed E-state index contributed by atoms with van der Waals surface area (Å²) in [6.07, 6.45) is 13.1. The molecule has 0 aromatic rings. The third-order valence-electron chi connectivity index (χ3n) is 4.35. The van der Waals surface area contributed by atoms with Crippen LogP contribution in [-0.4, -0.2) is 12.6 Å². The molecule has 0 aromatic heterocycles. The van der Waals surface area contributed by atoms with Crippen LogP contribution in [0.15, 0.2) is 11.6 Å². The van der Waals surface area contributed by atoms with Gasteiger partial charge in [-0.15, -0.1) is 0 Å². The first-order chi connectivity index (χ1) is 8.75. The SMILES string of the molecule is C/C(=C\COC(=O)CCC1CC1)C1CCCCC1.